The molecule has 0 bridgehead atoms. The van der Waals surface area contributed by atoms with E-state index in [0.717, 1.165) is 9.58 Å². The van der Waals surface area contributed by atoms with Crippen LogP contribution in [0.4, 0.5) is 13.6 Å². The first-order chi connectivity index (χ1) is 10.4. The Hall–Kier alpha value is -2.23. The van der Waals surface area contributed by atoms with Crippen LogP contribution in [0.2, 0.25) is 0 Å². The Kier molecular flexibility index (Phi) is 4.91. The van der Waals surface area contributed by atoms with Gasteiger partial charge in [-0.25, -0.2) is 9.48 Å². The fourth-order valence-electron chi connectivity index (χ4n) is 2.25. The highest BCUT2D eigenvalue weighted by Gasteiger charge is 2.37. The van der Waals surface area contributed by atoms with E-state index in [1.165, 1.54) is 19.2 Å². The third-order valence-corrected chi connectivity index (χ3v) is 3.26. The summed E-state index contributed by atoms with van der Waals surface area (Å²) >= 11 is 0. The van der Waals surface area contributed by atoms with Crippen molar-refractivity contribution in [3.05, 3.63) is 22.5 Å². The second kappa shape index (κ2) is 6.69. The third-order valence-electron chi connectivity index (χ3n) is 3.26. The van der Waals surface area contributed by atoms with Crippen LogP contribution in [0.3, 0.4) is 0 Å². The Bertz CT molecular complexity index is 594. The molecule has 1 aromatic rings. The monoisotopic (exact) mass is 319 g/mol. The van der Waals surface area contributed by atoms with Crippen molar-refractivity contribution in [2.75, 3.05) is 13.2 Å². The lowest BCUT2D eigenvalue weighted by atomic mass is 10.2. The molecule has 8 nitrogen and oxygen atoms in total. The van der Waals surface area contributed by atoms with Crippen LogP contribution in [0.1, 0.15) is 6.42 Å². The van der Waals surface area contributed by atoms with Crippen LogP contribution in [0.25, 0.3) is 0 Å². The molecule has 1 aliphatic rings. The molecule has 2 rings (SSSR count). The fraction of sp³-hybridized carbons (Fsp3) is 0.583. The van der Waals surface area contributed by atoms with E-state index in [-0.39, 0.29) is 24.4 Å². The van der Waals surface area contributed by atoms with Crippen molar-refractivity contribution in [1.29, 1.82) is 0 Å². The number of hydrogen-bond donors (Lipinski definition) is 1. The maximum Gasteiger partial charge on any atom is 0.407 e. The molecule has 0 saturated carbocycles. The summed E-state index contributed by atoms with van der Waals surface area (Å²) in [6.45, 7) is -3.36. The van der Waals surface area contributed by atoms with E-state index >= 15 is 0 Å². The van der Waals surface area contributed by atoms with Gasteiger partial charge < -0.3 is 14.6 Å². The molecular weight excluding hydrogens is 304 g/mol. The molecule has 122 valence electrons. The van der Waals surface area contributed by atoms with Crippen LogP contribution in [0.5, 0.6) is 5.88 Å². The lowest BCUT2D eigenvalue weighted by Crippen LogP contribution is -2.38. The molecule has 2 heterocycles. The average Bonchev–Trinajstić information content (AvgIpc) is 2.84. The van der Waals surface area contributed by atoms with Gasteiger partial charge >= 0.3 is 12.7 Å². The van der Waals surface area contributed by atoms with Crippen molar-refractivity contribution in [3.8, 4) is 5.88 Å². The van der Waals surface area contributed by atoms with Gasteiger partial charge in [-0.1, -0.05) is 0 Å². The lowest BCUT2D eigenvalue weighted by molar-refractivity contribution is -0.137. The van der Waals surface area contributed by atoms with E-state index < -0.39 is 31.5 Å². The summed E-state index contributed by atoms with van der Waals surface area (Å²) in [5.74, 6) is 0.160. The lowest BCUT2D eigenvalue weighted by Gasteiger charge is -2.20. The number of carboxylic acid groups (broad SMARTS) is 1. The van der Waals surface area contributed by atoms with E-state index in [9.17, 15) is 18.4 Å². The quantitative estimate of drug-likeness (QED) is 0.850. The number of alkyl halides is 2. The number of aryl methyl sites for hydroxylation is 1. The van der Waals surface area contributed by atoms with E-state index in [1.807, 2.05) is 0 Å². The number of likely N-dealkylation sites (tertiary alicyclic amines) is 1. The standard InChI is InChI=1S/C12H15F2N3O5/c1-16-10(18)3-2-9(15-16)22-8-4-7(6-21-11(13)14)17(5-8)12(19)20/h2-3,7-8,11H,4-6H2,1H3,(H,19,20)/t7-,8-/m0/s1. The number of amides is 1. The minimum Gasteiger partial charge on any atom is -0.471 e. The molecule has 1 aliphatic heterocycles. The summed E-state index contributed by atoms with van der Waals surface area (Å²) in [4.78, 5) is 23.3. The minimum atomic E-state index is -2.96. The first-order valence-electron chi connectivity index (χ1n) is 6.47. The first kappa shape index (κ1) is 16.1. The molecule has 0 unspecified atom stereocenters. The van der Waals surface area contributed by atoms with E-state index in [4.69, 9.17) is 9.84 Å². The Labute approximate surface area is 123 Å². The normalized spacial score (nSPS) is 21.4. The number of rotatable bonds is 5. The molecule has 10 heteroatoms. The second-order valence-electron chi connectivity index (χ2n) is 4.79. The van der Waals surface area contributed by atoms with Crippen molar-refractivity contribution >= 4 is 6.09 Å². The van der Waals surface area contributed by atoms with Crippen molar-refractivity contribution in [2.45, 2.75) is 25.2 Å². The maximum atomic E-state index is 12.1. The number of ether oxygens (including phenoxy) is 2. The molecular formula is C12H15F2N3O5. The van der Waals surface area contributed by atoms with Gasteiger partial charge in [0.05, 0.1) is 19.2 Å². The zero-order valence-corrected chi connectivity index (χ0v) is 11.7. The van der Waals surface area contributed by atoms with Gasteiger partial charge in [0, 0.05) is 25.6 Å². The molecule has 1 amide bonds. The third kappa shape index (κ3) is 3.91. The van der Waals surface area contributed by atoms with Gasteiger partial charge in [-0.3, -0.25) is 9.69 Å². The highest BCUT2D eigenvalue weighted by Crippen LogP contribution is 2.22. The molecule has 0 aromatic carbocycles. The van der Waals surface area contributed by atoms with Crippen LogP contribution in [-0.4, -0.2) is 57.8 Å². The molecule has 0 spiro atoms. The van der Waals surface area contributed by atoms with Crippen LogP contribution in [-0.2, 0) is 11.8 Å². The van der Waals surface area contributed by atoms with Gasteiger partial charge in [-0.15, -0.1) is 5.10 Å². The van der Waals surface area contributed by atoms with Gasteiger partial charge in [-0.2, -0.15) is 8.78 Å². The average molecular weight is 319 g/mol. The highest BCUT2D eigenvalue weighted by atomic mass is 19.3. The second-order valence-corrected chi connectivity index (χ2v) is 4.79. The molecule has 1 fully saturated rings. The largest absolute Gasteiger partial charge is 0.471 e. The Morgan fingerprint density at radius 2 is 2.27 bits per heavy atom. The minimum absolute atomic E-state index is 0.0110. The molecule has 2 atom stereocenters. The number of hydrogen-bond acceptors (Lipinski definition) is 5. The zero-order valence-electron chi connectivity index (χ0n) is 11.7. The zero-order chi connectivity index (χ0) is 16.3. The Morgan fingerprint density at radius 1 is 1.55 bits per heavy atom. The first-order valence-corrected chi connectivity index (χ1v) is 6.47. The van der Waals surface area contributed by atoms with Crippen molar-refractivity contribution in [1.82, 2.24) is 14.7 Å². The van der Waals surface area contributed by atoms with Crippen molar-refractivity contribution < 1.29 is 28.2 Å². The van der Waals surface area contributed by atoms with Crippen molar-refractivity contribution in [2.24, 2.45) is 7.05 Å². The van der Waals surface area contributed by atoms with Crippen LogP contribution in [0, 0.1) is 0 Å². The van der Waals surface area contributed by atoms with Crippen LogP contribution in [0.15, 0.2) is 16.9 Å². The molecule has 1 saturated heterocycles. The predicted octanol–water partition coefficient (Wildman–Crippen LogP) is 0.519. The summed E-state index contributed by atoms with van der Waals surface area (Å²) in [6.07, 6.45) is -1.58. The van der Waals surface area contributed by atoms with E-state index in [1.54, 1.807) is 0 Å². The summed E-state index contributed by atoms with van der Waals surface area (Å²) < 4.78 is 34.9. The van der Waals surface area contributed by atoms with E-state index in [2.05, 4.69) is 9.84 Å². The van der Waals surface area contributed by atoms with E-state index in [0.29, 0.717) is 0 Å². The van der Waals surface area contributed by atoms with Gasteiger partial charge in [0.1, 0.15) is 6.10 Å². The van der Waals surface area contributed by atoms with Crippen molar-refractivity contribution in [3.63, 3.8) is 0 Å². The SMILES string of the molecule is Cn1nc(O[C@H]2C[C@@H](COC(F)F)N(C(=O)O)C2)ccc1=O. The van der Waals surface area contributed by atoms with Gasteiger partial charge in [0.15, 0.2) is 0 Å². The molecule has 1 N–H and O–H groups in total. The number of aromatic nitrogens is 2. The van der Waals surface area contributed by atoms with Crippen LogP contribution < -0.4 is 10.3 Å². The number of halogens is 2. The maximum absolute atomic E-state index is 12.1. The van der Waals surface area contributed by atoms with Gasteiger partial charge in [0.25, 0.3) is 5.56 Å². The molecule has 1 aromatic heterocycles. The van der Waals surface area contributed by atoms with Crippen LogP contribution >= 0.6 is 0 Å². The molecule has 0 aliphatic carbocycles. The number of carbonyl (C=O) groups is 1. The smallest absolute Gasteiger partial charge is 0.407 e. The summed E-state index contributed by atoms with van der Waals surface area (Å²) in [6, 6.07) is 1.92. The summed E-state index contributed by atoms with van der Waals surface area (Å²) in [5, 5.41) is 12.9. The Balaban J connectivity index is 2.01. The Morgan fingerprint density at radius 3 is 2.86 bits per heavy atom. The van der Waals surface area contributed by atoms with Gasteiger partial charge in [0.2, 0.25) is 5.88 Å². The van der Waals surface area contributed by atoms with Gasteiger partial charge in [-0.05, 0) is 0 Å². The molecule has 22 heavy (non-hydrogen) atoms. The fourth-order valence-corrected chi connectivity index (χ4v) is 2.25. The summed E-state index contributed by atoms with van der Waals surface area (Å²) in [7, 11) is 1.45. The number of nitrogens with zero attached hydrogens (tertiary/aromatic N) is 3. The summed E-state index contributed by atoms with van der Waals surface area (Å²) in [5.41, 5.74) is -0.311. The topological polar surface area (TPSA) is 93.9 Å². The molecule has 0 radical (unpaired) electrons. The predicted molar refractivity (Wildman–Crippen MR) is 69.0 cm³/mol. The highest BCUT2D eigenvalue weighted by molar-refractivity contribution is 5.66.